The van der Waals surface area contributed by atoms with Gasteiger partial charge in [0.05, 0.1) is 0 Å². The highest BCUT2D eigenvalue weighted by atomic mass is 19.4. The van der Waals surface area contributed by atoms with Gasteiger partial charge >= 0.3 is 6.18 Å². The van der Waals surface area contributed by atoms with Gasteiger partial charge in [0, 0.05) is 19.8 Å². The predicted molar refractivity (Wildman–Crippen MR) is 79.6 cm³/mol. The number of carbonyl (C=O) groups is 1. The molecule has 0 fully saturated rings. The van der Waals surface area contributed by atoms with Crippen molar-refractivity contribution in [2.45, 2.75) is 31.9 Å². The van der Waals surface area contributed by atoms with Gasteiger partial charge in [-0.05, 0) is 36.1 Å². The summed E-state index contributed by atoms with van der Waals surface area (Å²) in [6.45, 7) is 6.72. The Hall–Kier alpha value is -1.78. The molecular formula is C16H20F3NO. The highest BCUT2D eigenvalue weighted by Gasteiger charge is 2.53. The van der Waals surface area contributed by atoms with E-state index in [2.05, 4.69) is 6.58 Å². The first-order valence-electron chi connectivity index (χ1n) is 6.61. The Bertz CT molecular complexity index is 549. The third-order valence-electron chi connectivity index (χ3n) is 3.70. The van der Waals surface area contributed by atoms with E-state index in [1.54, 1.807) is 31.1 Å². The molecule has 1 aromatic carbocycles. The Morgan fingerprint density at radius 1 is 1.33 bits per heavy atom. The fraction of sp³-hybridized carbons (Fsp3) is 0.438. The molecule has 0 aromatic heterocycles. The quantitative estimate of drug-likeness (QED) is 0.760. The second-order valence-corrected chi connectivity index (χ2v) is 5.40. The standard InChI is InChI=1S/C16H20F3NO/c1-6-11(2)12-7-8-13(14(9-12)20(4)5)15(3,10-21)16(17,18)19/h7-10H,2,6H2,1,3-5H3. The summed E-state index contributed by atoms with van der Waals surface area (Å²) in [6.07, 6.45) is -3.98. The molecule has 0 N–H and O–H groups in total. The molecule has 1 rings (SSSR count). The molecular weight excluding hydrogens is 279 g/mol. The van der Waals surface area contributed by atoms with Crippen LogP contribution in [-0.2, 0) is 10.2 Å². The smallest absolute Gasteiger partial charge is 0.377 e. The van der Waals surface area contributed by atoms with E-state index in [0.29, 0.717) is 12.1 Å². The second-order valence-electron chi connectivity index (χ2n) is 5.40. The Morgan fingerprint density at radius 2 is 1.90 bits per heavy atom. The molecule has 5 heteroatoms. The van der Waals surface area contributed by atoms with E-state index in [1.807, 2.05) is 6.92 Å². The summed E-state index contributed by atoms with van der Waals surface area (Å²) in [7, 11) is 3.30. The normalized spacial score (nSPS) is 14.4. The molecule has 2 nitrogen and oxygen atoms in total. The minimum atomic E-state index is -4.65. The highest BCUT2D eigenvalue weighted by Crippen LogP contribution is 2.43. The van der Waals surface area contributed by atoms with Crippen molar-refractivity contribution in [1.82, 2.24) is 0 Å². The van der Waals surface area contributed by atoms with Crippen molar-refractivity contribution < 1.29 is 18.0 Å². The van der Waals surface area contributed by atoms with Gasteiger partial charge in [-0.15, -0.1) is 0 Å². The van der Waals surface area contributed by atoms with Crippen LogP contribution in [0.3, 0.4) is 0 Å². The van der Waals surface area contributed by atoms with Crippen molar-refractivity contribution in [1.29, 1.82) is 0 Å². The largest absolute Gasteiger partial charge is 0.404 e. The molecule has 1 aromatic rings. The zero-order chi connectivity index (χ0) is 16.4. The summed E-state index contributed by atoms with van der Waals surface area (Å²) in [4.78, 5) is 12.7. The van der Waals surface area contributed by atoms with Crippen LogP contribution < -0.4 is 4.90 Å². The monoisotopic (exact) mass is 299 g/mol. The zero-order valence-corrected chi connectivity index (χ0v) is 12.7. The van der Waals surface area contributed by atoms with Gasteiger partial charge in [0.25, 0.3) is 0 Å². The van der Waals surface area contributed by atoms with E-state index >= 15 is 0 Å². The first-order valence-corrected chi connectivity index (χ1v) is 6.61. The van der Waals surface area contributed by atoms with Gasteiger partial charge in [0.1, 0.15) is 11.7 Å². The summed E-state index contributed by atoms with van der Waals surface area (Å²) >= 11 is 0. The van der Waals surface area contributed by atoms with Crippen molar-refractivity contribution in [3.8, 4) is 0 Å². The maximum atomic E-state index is 13.3. The van der Waals surface area contributed by atoms with Crippen LogP contribution in [0.5, 0.6) is 0 Å². The van der Waals surface area contributed by atoms with Crippen LogP contribution in [0.1, 0.15) is 31.4 Å². The number of aldehydes is 1. The first-order chi connectivity index (χ1) is 9.58. The molecule has 21 heavy (non-hydrogen) atoms. The first kappa shape index (κ1) is 17.3. The van der Waals surface area contributed by atoms with Crippen LogP contribution in [0.2, 0.25) is 0 Å². The van der Waals surface area contributed by atoms with Crippen molar-refractivity contribution in [3.05, 3.63) is 35.9 Å². The van der Waals surface area contributed by atoms with Crippen molar-refractivity contribution in [3.63, 3.8) is 0 Å². The lowest BCUT2D eigenvalue weighted by atomic mass is 9.81. The molecule has 0 saturated carbocycles. The topological polar surface area (TPSA) is 20.3 Å². The molecule has 1 unspecified atom stereocenters. The van der Waals surface area contributed by atoms with E-state index in [1.165, 1.54) is 6.07 Å². The number of nitrogens with zero attached hydrogens (tertiary/aromatic N) is 1. The van der Waals surface area contributed by atoms with Gasteiger partial charge in [0.15, 0.2) is 0 Å². The molecule has 0 amide bonds. The number of halogens is 3. The van der Waals surface area contributed by atoms with Crippen LogP contribution in [0, 0.1) is 0 Å². The summed E-state index contributed by atoms with van der Waals surface area (Å²) < 4.78 is 39.9. The summed E-state index contributed by atoms with van der Waals surface area (Å²) in [5.74, 6) is 0. The Balaban J connectivity index is 3.56. The van der Waals surface area contributed by atoms with Crippen LogP contribution in [0.15, 0.2) is 24.8 Å². The molecule has 0 bridgehead atoms. The lowest BCUT2D eigenvalue weighted by Crippen LogP contribution is -2.42. The Labute approximate surface area is 123 Å². The predicted octanol–water partition coefficient (Wildman–Crippen LogP) is 4.19. The van der Waals surface area contributed by atoms with Crippen molar-refractivity contribution in [2.24, 2.45) is 0 Å². The van der Waals surface area contributed by atoms with E-state index in [0.717, 1.165) is 18.1 Å². The van der Waals surface area contributed by atoms with Gasteiger partial charge < -0.3 is 9.69 Å². The lowest BCUT2D eigenvalue weighted by Gasteiger charge is -2.31. The Morgan fingerprint density at radius 3 is 2.29 bits per heavy atom. The Kier molecular flexibility index (Phi) is 4.87. The number of hydrogen-bond acceptors (Lipinski definition) is 2. The van der Waals surface area contributed by atoms with E-state index in [9.17, 15) is 18.0 Å². The molecule has 1 atom stereocenters. The molecule has 0 saturated heterocycles. The summed E-state index contributed by atoms with van der Waals surface area (Å²) in [5.41, 5.74) is -0.597. The van der Waals surface area contributed by atoms with Gasteiger partial charge in [-0.1, -0.05) is 25.6 Å². The highest BCUT2D eigenvalue weighted by molar-refractivity contribution is 5.77. The third kappa shape index (κ3) is 3.12. The lowest BCUT2D eigenvalue weighted by molar-refractivity contribution is -0.182. The number of anilines is 1. The van der Waals surface area contributed by atoms with E-state index in [-0.39, 0.29) is 11.8 Å². The number of rotatable bonds is 5. The van der Waals surface area contributed by atoms with E-state index < -0.39 is 11.6 Å². The molecule has 0 spiro atoms. The third-order valence-corrected chi connectivity index (χ3v) is 3.70. The minimum Gasteiger partial charge on any atom is -0.377 e. The minimum absolute atomic E-state index is 0.0380. The van der Waals surface area contributed by atoms with Crippen molar-refractivity contribution >= 4 is 17.5 Å². The maximum Gasteiger partial charge on any atom is 0.404 e. The van der Waals surface area contributed by atoms with E-state index in [4.69, 9.17) is 0 Å². The molecule has 0 radical (unpaired) electrons. The molecule has 116 valence electrons. The average molecular weight is 299 g/mol. The summed E-state index contributed by atoms with van der Waals surface area (Å²) in [5, 5.41) is 0. The second kappa shape index (κ2) is 5.92. The van der Waals surface area contributed by atoms with Crippen LogP contribution in [0.4, 0.5) is 18.9 Å². The van der Waals surface area contributed by atoms with Gasteiger partial charge in [-0.2, -0.15) is 13.2 Å². The van der Waals surface area contributed by atoms with Crippen LogP contribution >= 0.6 is 0 Å². The fourth-order valence-electron chi connectivity index (χ4n) is 2.05. The van der Waals surface area contributed by atoms with Gasteiger partial charge in [0.2, 0.25) is 0 Å². The zero-order valence-electron chi connectivity index (χ0n) is 12.7. The number of alkyl halides is 3. The number of hydrogen-bond donors (Lipinski definition) is 0. The van der Waals surface area contributed by atoms with Crippen molar-refractivity contribution in [2.75, 3.05) is 19.0 Å². The van der Waals surface area contributed by atoms with Gasteiger partial charge in [-0.3, -0.25) is 0 Å². The SMILES string of the molecule is C=C(CC)c1ccc(C(C)(C=O)C(F)(F)F)c(N(C)C)c1. The summed E-state index contributed by atoms with van der Waals surface area (Å²) in [6, 6.07) is 4.60. The number of benzene rings is 1. The van der Waals surface area contributed by atoms with Crippen LogP contribution in [0.25, 0.3) is 5.57 Å². The average Bonchev–Trinajstić information content (AvgIpc) is 2.43. The number of carbonyl (C=O) groups excluding carboxylic acids is 1. The number of allylic oxidation sites excluding steroid dienone is 1. The molecule has 0 heterocycles. The molecule has 0 aliphatic carbocycles. The molecule has 0 aliphatic heterocycles. The van der Waals surface area contributed by atoms with Crippen LogP contribution in [-0.4, -0.2) is 26.6 Å². The fourth-order valence-corrected chi connectivity index (χ4v) is 2.05. The maximum absolute atomic E-state index is 13.3. The van der Waals surface area contributed by atoms with Gasteiger partial charge in [-0.25, -0.2) is 0 Å². The molecule has 0 aliphatic rings.